The molecule has 2 heterocycles. The van der Waals surface area contributed by atoms with Crippen LogP contribution in [0.2, 0.25) is 5.02 Å². The first kappa shape index (κ1) is 13.9. The maximum Gasteiger partial charge on any atom is 0.237 e. The van der Waals surface area contributed by atoms with E-state index >= 15 is 0 Å². The van der Waals surface area contributed by atoms with Gasteiger partial charge in [-0.05, 0) is 17.7 Å². The van der Waals surface area contributed by atoms with Crippen LogP contribution in [0.1, 0.15) is 17.3 Å². The van der Waals surface area contributed by atoms with Crippen molar-refractivity contribution >= 4 is 29.3 Å². The van der Waals surface area contributed by atoms with Crippen LogP contribution in [0.15, 0.2) is 33.9 Å². The van der Waals surface area contributed by atoms with Gasteiger partial charge in [-0.25, -0.2) is 5.10 Å². The molecular formula is C12H11ClN6OS. The zero-order valence-electron chi connectivity index (χ0n) is 10.8. The van der Waals surface area contributed by atoms with Crippen LogP contribution in [-0.2, 0) is 12.2 Å². The standard InChI is InChI=1S/C12H11ClN6OS/c13-8-3-1-2-7(4-8)5-9-15-10(20-19-9)6-21-12-16-11(14)17-18-12/h1-4H,5-6H2,(H3,14,16,17,18). The molecule has 0 aliphatic heterocycles. The Kier molecular flexibility index (Phi) is 4.07. The molecule has 0 fully saturated rings. The van der Waals surface area contributed by atoms with Crippen molar-refractivity contribution in [2.75, 3.05) is 5.73 Å². The van der Waals surface area contributed by atoms with Gasteiger partial charge in [-0.2, -0.15) is 9.97 Å². The lowest BCUT2D eigenvalue weighted by Crippen LogP contribution is -1.91. The Balaban J connectivity index is 1.61. The fourth-order valence-corrected chi connectivity index (χ4v) is 2.55. The summed E-state index contributed by atoms with van der Waals surface area (Å²) in [7, 11) is 0. The Morgan fingerprint density at radius 3 is 3.00 bits per heavy atom. The van der Waals surface area contributed by atoms with Gasteiger partial charge in [0, 0.05) is 11.4 Å². The number of hydrogen-bond acceptors (Lipinski definition) is 7. The van der Waals surface area contributed by atoms with Crippen molar-refractivity contribution in [2.24, 2.45) is 0 Å². The molecule has 7 nitrogen and oxygen atoms in total. The summed E-state index contributed by atoms with van der Waals surface area (Å²) in [6.45, 7) is 0. The molecule has 0 amide bonds. The van der Waals surface area contributed by atoms with Crippen molar-refractivity contribution in [1.29, 1.82) is 0 Å². The molecule has 0 aliphatic carbocycles. The number of H-pyrrole nitrogens is 1. The highest BCUT2D eigenvalue weighted by Crippen LogP contribution is 2.19. The molecule has 0 atom stereocenters. The van der Waals surface area contributed by atoms with Crippen LogP contribution in [0.3, 0.4) is 0 Å². The van der Waals surface area contributed by atoms with E-state index in [2.05, 4.69) is 25.3 Å². The molecular weight excluding hydrogens is 312 g/mol. The van der Waals surface area contributed by atoms with Crippen LogP contribution >= 0.6 is 23.4 Å². The summed E-state index contributed by atoms with van der Waals surface area (Å²) in [4.78, 5) is 8.30. The zero-order valence-corrected chi connectivity index (χ0v) is 12.4. The number of aromatic amines is 1. The molecule has 0 saturated heterocycles. The smallest absolute Gasteiger partial charge is 0.237 e. The molecule has 0 spiro atoms. The van der Waals surface area contributed by atoms with Crippen molar-refractivity contribution < 1.29 is 4.52 Å². The lowest BCUT2D eigenvalue weighted by atomic mass is 10.1. The molecule has 0 unspecified atom stereocenters. The number of thioether (sulfide) groups is 1. The highest BCUT2D eigenvalue weighted by atomic mass is 35.5. The van der Waals surface area contributed by atoms with Crippen LogP contribution in [0, 0.1) is 0 Å². The molecule has 0 radical (unpaired) electrons. The van der Waals surface area contributed by atoms with Crippen molar-refractivity contribution in [3.8, 4) is 0 Å². The number of benzene rings is 1. The maximum absolute atomic E-state index is 5.94. The number of hydrogen-bond donors (Lipinski definition) is 2. The fourth-order valence-electron chi connectivity index (χ4n) is 1.70. The van der Waals surface area contributed by atoms with Gasteiger partial charge >= 0.3 is 0 Å². The Hall–Kier alpha value is -2.06. The Labute approximate surface area is 129 Å². The van der Waals surface area contributed by atoms with Crippen molar-refractivity contribution in [3.05, 3.63) is 46.6 Å². The van der Waals surface area contributed by atoms with Gasteiger partial charge in [-0.1, -0.05) is 40.7 Å². The summed E-state index contributed by atoms with van der Waals surface area (Å²) in [5.74, 6) is 1.90. The third-order valence-corrected chi connectivity index (χ3v) is 3.64. The van der Waals surface area contributed by atoms with E-state index in [4.69, 9.17) is 21.9 Å². The summed E-state index contributed by atoms with van der Waals surface area (Å²) in [5.41, 5.74) is 6.48. The minimum Gasteiger partial charge on any atom is -0.368 e. The van der Waals surface area contributed by atoms with Gasteiger partial charge in [0.15, 0.2) is 5.82 Å². The van der Waals surface area contributed by atoms with Crippen LogP contribution in [0.25, 0.3) is 0 Å². The summed E-state index contributed by atoms with van der Waals surface area (Å²) in [6.07, 6.45) is 0.572. The number of nitrogens with zero attached hydrogens (tertiary/aromatic N) is 4. The summed E-state index contributed by atoms with van der Waals surface area (Å²) in [6, 6.07) is 7.56. The molecule has 0 bridgehead atoms. The second kappa shape index (κ2) is 6.15. The van der Waals surface area contributed by atoms with Gasteiger partial charge in [0.25, 0.3) is 0 Å². The average molecular weight is 323 g/mol. The summed E-state index contributed by atoms with van der Waals surface area (Å²) < 4.78 is 5.18. The van der Waals surface area contributed by atoms with E-state index in [1.165, 1.54) is 11.8 Å². The highest BCUT2D eigenvalue weighted by molar-refractivity contribution is 7.98. The Morgan fingerprint density at radius 1 is 1.33 bits per heavy atom. The number of aromatic nitrogens is 5. The SMILES string of the molecule is Nc1nc(SCc2nc(Cc3cccc(Cl)c3)no2)n[nH]1. The molecule has 21 heavy (non-hydrogen) atoms. The maximum atomic E-state index is 5.94. The first-order chi connectivity index (χ1) is 10.2. The van der Waals surface area contributed by atoms with E-state index in [9.17, 15) is 0 Å². The van der Waals surface area contributed by atoms with E-state index in [-0.39, 0.29) is 5.95 Å². The van der Waals surface area contributed by atoms with Gasteiger partial charge in [0.2, 0.25) is 17.0 Å². The van der Waals surface area contributed by atoms with Crippen molar-refractivity contribution in [2.45, 2.75) is 17.3 Å². The minimum absolute atomic E-state index is 0.282. The average Bonchev–Trinajstić information content (AvgIpc) is 3.06. The lowest BCUT2D eigenvalue weighted by Gasteiger charge is -1.96. The van der Waals surface area contributed by atoms with Crippen LogP contribution < -0.4 is 5.73 Å². The molecule has 3 aromatic rings. The topological polar surface area (TPSA) is 107 Å². The van der Waals surface area contributed by atoms with E-state index in [0.29, 0.717) is 34.1 Å². The number of rotatable bonds is 5. The van der Waals surface area contributed by atoms with Crippen LogP contribution in [-0.4, -0.2) is 25.3 Å². The zero-order chi connectivity index (χ0) is 14.7. The van der Waals surface area contributed by atoms with Crippen molar-refractivity contribution in [3.63, 3.8) is 0 Å². The predicted octanol–water partition coefficient (Wildman–Crippen LogP) is 2.31. The lowest BCUT2D eigenvalue weighted by molar-refractivity contribution is 0.385. The monoisotopic (exact) mass is 322 g/mol. The molecule has 9 heteroatoms. The summed E-state index contributed by atoms with van der Waals surface area (Å²) in [5, 5.41) is 11.7. The first-order valence-corrected chi connectivity index (χ1v) is 7.42. The second-order valence-corrected chi connectivity index (χ2v) is 5.58. The number of nitrogen functional groups attached to an aromatic ring is 1. The first-order valence-electron chi connectivity index (χ1n) is 6.05. The van der Waals surface area contributed by atoms with Gasteiger partial charge < -0.3 is 10.3 Å². The molecule has 3 N–H and O–H groups in total. The van der Waals surface area contributed by atoms with Gasteiger partial charge in [-0.15, -0.1) is 5.10 Å². The Morgan fingerprint density at radius 2 is 2.24 bits per heavy atom. The van der Waals surface area contributed by atoms with Crippen LogP contribution in [0.4, 0.5) is 5.95 Å². The predicted molar refractivity (Wildman–Crippen MR) is 78.9 cm³/mol. The van der Waals surface area contributed by atoms with E-state index in [1.807, 2.05) is 24.3 Å². The quantitative estimate of drug-likeness (QED) is 0.694. The fraction of sp³-hybridized carbons (Fsp3) is 0.167. The number of nitrogens with two attached hydrogens (primary N) is 1. The van der Waals surface area contributed by atoms with Crippen molar-refractivity contribution in [1.82, 2.24) is 25.3 Å². The number of halogens is 1. The largest absolute Gasteiger partial charge is 0.368 e. The molecule has 108 valence electrons. The normalized spacial score (nSPS) is 10.9. The third kappa shape index (κ3) is 3.73. The van der Waals surface area contributed by atoms with E-state index in [1.54, 1.807) is 0 Å². The summed E-state index contributed by atoms with van der Waals surface area (Å²) >= 11 is 7.31. The van der Waals surface area contributed by atoms with Gasteiger partial charge in [0.1, 0.15) is 0 Å². The third-order valence-electron chi connectivity index (χ3n) is 2.57. The van der Waals surface area contributed by atoms with E-state index < -0.39 is 0 Å². The minimum atomic E-state index is 0.282. The van der Waals surface area contributed by atoms with Gasteiger partial charge in [0.05, 0.1) is 5.75 Å². The molecule has 0 saturated carbocycles. The number of anilines is 1. The van der Waals surface area contributed by atoms with E-state index in [0.717, 1.165) is 5.56 Å². The molecule has 3 rings (SSSR count). The Bertz CT molecular complexity index is 743. The molecule has 0 aliphatic rings. The molecule has 2 aromatic heterocycles. The number of nitrogens with one attached hydrogen (secondary N) is 1. The van der Waals surface area contributed by atoms with Gasteiger partial charge in [-0.3, -0.25) is 0 Å². The second-order valence-electron chi connectivity index (χ2n) is 4.20. The molecule has 1 aromatic carbocycles. The van der Waals surface area contributed by atoms with Crippen LogP contribution in [0.5, 0.6) is 0 Å². The highest BCUT2D eigenvalue weighted by Gasteiger charge is 2.09.